The molecule has 1 aliphatic heterocycles. The number of halogens is 1. The van der Waals surface area contributed by atoms with Gasteiger partial charge >= 0.3 is 0 Å². The molecule has 0 aromatic carbocycles. The van der Waals surface area contributed by atoms with Crippen LogP contribution in [-0.2, 0) is 0 Å². The van der Waals surface area contributed by atoms with Gasteiger partial charge in [-0.15, -0.1) is 11.3 Å². The number of hydrogen-bond donors (Lipinski definition) is 2. The lowest BCUT2D eigenvalue weighted by Gasteiger charge is -2.22. The van der Waals surface area contributed by atoms with Crippen molar-refractivity contribution in [3.05, 3.63) is 15.9 Å². The molecule has 1 atom stereocenters. The van der Waals surface area contributed by atoms with E-state index in [2.05, 4.69) is 38.0 Å². The molecule has 0 saturated carbocycles. The van der Waals surface area contributed by atoms with E-state index in [4.69, 9.17) is 0 Å². The van der Waals surface area contributed by atoms with Crippen LogP contribution in [0.3, 0.4) is 0 Å². The zero-order chi connectivity index (χ0) is 10.5. The Balaban J connectivity index is 1.65. The molecule has 1 aromatic rings. The molecule has 0 radical (unpaired) electrons. The summed E-state index contributed by atoms with van der Waals surface area (Å²) in [7, 11) is 0. The summed E-state index contributed by atoms with van der Waals surface area (Å²) in [5.74, 6) is 0.870. The predicted octanol–water partition coefficient (Wildman–Crippen LogP) is 3.31. The summed E-state index contributed by atoms with van der Waals surface area (Å²) in [6, 6.07) is 2.14. The second kappa shape index (κ2) is 5.87. The van der Waals surface area contributed by atoms with Gasteiger partial charge in [0.1, 0.15) is 0 Å². The lowest BCUT2D eigenvalue weighted by molar-refractivity contribution is 0.364. The third-order valence-electron chi connectivity index (χ3n) is 2.82. The summed E-state index contributed by atoms with van der Waals surface area (Å²) in [4.78, 5) is 0. The fourth-order valence-electron chi connectivity index (χ4n) is 1.98. The number of anilines is 1. The molecule has 0 amide bonds. The molecule has 0 aliphatic carbocycles. The Labute approximate surface area is 104 Å². The van der Waals surface area contributed by atoms with E-state index in [1.54, 1.807) is 11.3 Å². The summed E-state index contributed by atoms with van der Waals surface area (Å²) in [5.41, 5.74) is 0. The van der Waals surface area contributed by atoms with Gasteiger partial charge in [-0.05, 0) is 60.3 Å². The van der Waals surface area contributed by atoms with Crippen molar-refractivity contribution in [2.45, 2.75) is 19.3 Å². The van der Waals surface area contributed by atoms with Crippen molar-refractivity contribution in [3.8, 4) is 0 Å². The fraction of sp³-hybridized carbons (Fsp3) is 0.636. The highest BCUT2D eigenvalue weighted by Gasteiger charge is 2.11. The van der Waals surface area contributed by atoms with Gasteiger partial charge in [-0.25, -0.2) is 0 Å². The van der Waals surface area contributed by atoms with E-state index in [1.807, 2.05) is 0 Å². The second-order valence-electron chi connectivity index (χ2n) is 4.06. The molecule has 4 heteroatoms. The Morgan fingerprint density at radius 2 is 2.53 bits per heavy atom. The average Bonchev–Trinajstić information content (AvgIpc) is 2.66. The third kappa shape index (κ3) is 3.78. The minimum Gasteiger partial charge on any atom is -0.377 e. The van der Waals surface area contributed by atoms with Crippen LogP contribution in [0.5, 0.6) is 0 Å². The first-order valence-electron chi connectivity index (χ1n) is 5.53. The zero-order valence-corrected chi connectivity index (χ0v) is 11.2. The lowest BCUT2D eigenvalue weighted by atomic mass is 9.96. The van der Waals surface area contributed by atoms with Gasteiger partial charge in [-0.2, -0.15) is 0 Å². The van der Waals surface area contributed by atoms with Crippen molar-refractivity contribution < 1.29 is 0 Å². The highest BCUT2D eigenvalue weighted by molar-refractivity contribution is 9.10. The molecule has 1 unspecified atom stereocenters. The van der Waals surface area contributed by atoms with E-state index in [0.29, 0.717) is 0 Å². The minimum absolute atomic E-state index is 0.870. The van der Waals surface area contributed by atoms with Crippen LogP contribution in [0.1, 0.15) is 19.3 Å². The smallest absolute Gasteiger partial charge is 0.0894 e. The second-order valence-corrected chi connectivity index (χ2v) is 5.88. The quantitative estimate of drug-likeness (QED) is 0.888. The largest absolute Gasteiger partial charge is 0.377 e. The molecule has 2 nitrogen and oxygen atoms in total. The molecular weight excluding hydrogens is 272 g/mol. The van der Waals surface area contributed by atoms with Crippen LogP contribution in [0.25, 0.3) is 0 Å². The van der Waals surface area contributed by atoms with Gasteiger partial charge in [0.05, 0.1) is 5.00 Å². The van der Waals surface area contributed by atoms with Crippen LogP contribution in [0.4, 0.5) is 5.00 Å². The first kappa shape index (κ1) is 11.4. The van der Waals surface area contributed by atoms with Crippen molar-refractivity contribution >= 4 is 32.3 Å². The molecule has 1 aliphatic rings. The molecule has 84 valence electrons. The molecule has 2 N–H and O–H groups in total. The van der Waals surface area contributed by atoms with Gasteiger partial charge in [0.15, 0.2) is 0 Å². The SMILES string of the molecule is Brc1csc(NCCC2CCCNC2)c1. The van der Waals surface area contributed by atoms with Gasteiger partial charge in [0.2, 0.25) is 0 Å². The first-order chi connectivity index (χ1) is 7.34. The molecule has 2 rings (SSSR count). The first-order valence-corrected chi connectivity index (χ1v) is 7.20. The zero-order valence-electron chi connectivity index (χ0n) is 8.76. The maximum Gasteiger partial charge on any atom is 0.0894 e. The Morgan fingerprint density at radius 3 is 3.20 bits per heavy atom. The molecule has 0 bridgehead atoms. The summed E-state index contributed by atoms with van der Waals surface area (Å²) >= 11 is 5.22. The van der Waals surface area contributed by atoms with E-state index >= 15 is 0 Å². The standard InChI is InChI=1S/C11H17BrN2S/c12-10-6-11(15-8-10)14-5-3-9-2-1-4-13-7-9/h6,8-9,13-14H,1-5,7H2. The van der Waals surface area contributed by atoms with Crippen molar-refractivity contribution in [1.82, 2.24) is 5.32 Å². The summed E-state index contributed by atoms with van der Waals surface area (Å²) in [6.45, 7) is 3.51. The summed E-state index contributed by atoms with van der Waals surface area (Å²) in [5, 5.41) is 10.3. The Hall–Kier alpha value is -0.0600. The Morgan fingerprint density at radius 1 is 1.60 bits per heavy atom. The fourth-order valence-corrected chi connectivity index (χ4v) is 3.32. The monoisotopic (exact) mass is 288 g/mol. The van der Waals surface area contributed by atoms with E-state index in [1.165, 1.54) is 41.8 Å². The number of thiophene rings is 1. The van der Waals surface area contributed by atoms with Crippen molar-refractivity contribution in [1.29, 1.82) is 0 Å². The molecule has 2 heterocycles. The van der Waals surface area contributed by atoms with Crippen molar-refractivity contribution in [2.75, 3.05) is 25.0 Å². The van der Waals surface area contributed by atoms with E-state index in [-0.39, 0.29) is 0 Å². The van der Waals surface area contributed by atoms with Crippen LogP contribution in [0.15, 0.2) is 15.9 Å². The maximum atomic E-state index is 3.47. The van der Waals surface area contributed by atoms with Gasteiger partial charge in [0, 0.05) is 16.4 Å². The van der Waals surface area contributed by atoms with Crippen LogP contribution < -0.4 is 10.6 Å². The Kier molecular flexibility index (Phi) is 4.47. The lowest BCUT2D eigenvalue weighted by Crippen LogP contribution is -2.30. The van der Waals surface area contributed by atoms with Gasteiger partial charge in [-0.1, -0.05) is 0 Å². The van der Waals surface area contributed by atoms with E-state index in [0.717, 1.165) is 12.5 Å². The molecule has 0 spiro atoms. The number of piperidine rings is 1. The molecule has 1 aromatic heterocycles. The van der Waals surface area contributed by atoms with E-state index < -0.39 is 0 Å². The maximum absolute atomic E-state index is 3.47. The molecular formula is C11H17BrN2S. The van der Waals surface area contributed by atoms with Crippen LogP contribution in [0.2, 0.25) is 0 Å². The summed E-state index contributed by atoms with van der Waals surface area (Å²) in [6.07, 6.45) is 4.01. The number of rotatable bonds is 4. The minimum atomic E-state index is 0.870. The van der Waals surface area contributed by atoms with Crippen LogP contribution >= 0.6 is 27.3 Å². The molecule has 1 saturated heterocycles. The normalized spacial score (nSPS) is 21.5. The number of hydrogen-bond acceptors (Lipinski definition) is 3. The molecule has 1 fully saturated rings. The van der Waals surface area contributed by atoms with Crippen LogP contribution in [-0.4, -0.2) is 19.6 Å². The van der Waals surface area contributed by atoms with Crippen molar-refractivity contribution in [3.63, 3.8) is 0 Å². The molecule has 15 heavy (non-hydrogen) atoms. The summed E-state index contributed by atoms with van der Waals surface area (Å²) < 4.78 is 1.18. The van der Waals surface area contributed by atoms with Gasteiger partial charge < -0.3 is 10.6 Å². The predicted molar refractivity (Wildman–Crippen MR) is 70.7 cm³/mol. The third-order valence-corrected chi connectivity index (χ3v) is 4.47. The Bertz CT molecular complexity index is 295. The van der Waals surface area contributed by atoms with Crippen LogP contribution in [0, 0.1) is 5.92 Å². The highest BCUT2D eigenvalue weighted by Crippen LogP contribution is 2.24. The van der Waals surface area contributed by atoms with Crippen molar-refractivity contribution in [2.24, 2.45) is 5.92 Å². The average molecular weight is 289 g/mol. The van der Waals surface area contributed by atoms with Gasteiger partial charge in [0.25, 0.3) is 0 Å². The topological polar surface area (TPSA) is 24.1 Å². The number of nitrogens with one attached hydrogen (secondary N) is 2. The highest BCUT2D eigenvalue weighted by atomic mass is 79.9. The van der Waals surface area contributed by atoms with Gasteiger partial charge in [-0.3, -0.25) is 0 Å². The van der Waals surface area contributed by atoms with E-state index in [9.17, 15) is 0 Å².